The van der Waals surface area contributed by atoms with E-state index in [0.717, 1.165) is 24.0 Å². The predicted molar refractivity (Wildman–Crippen MR) is 67.5 cm³/mol. The molecule has 0 heterocycles. The molecule has 0 amide bonds. The number of ketones is 1. The van der Waals surface area contributed by atoms with E-state index in [9.17, 15) is 4.79 Å². The van der Waals surface area contributed by atoms with Gasteiger partial charge in [-0.3, -0.25) is 4.79 Å². The van der Waals surface area contributed by atoms with Crippen LogP contribution in [0.2, 0.25) is 0 Å². The number of carbonyl (C=O) groups is 1. The highest BCUT2D eigenvalue weighted by atomic mass is 16.5. The second kappa shape index (κ2) is 4.15. The summed E-state index contributed by atoms with van der Waals surface area (Å²) in [6.45, 7) is 4.39. The lowest BCUT2D eigenvalue weighted by Crippen LogP contribution is -2.26. The first-order chi connectivity index (χ1) is 8.04. The van der Waals surface area contributed by atoms with Crippen LogP contribution in [-0.2, 0) is 0 Å². The molecular formula is C14H19NO2. The molecule has 17 heavy (non-hydrogen) atoms. The lowest BCUT2D eigenvalue weighted by molar-refractivity contribution is 0.0902. The molecule has 1 saturated carbocycles. The zero-order chi connectivity index (χ0) is 12.6. The van der Waals surface area contributed by atoms with E-state index in [1.165, 1.54) is 0 Å². The van der Waals surface area contributed by atoms with E-state index in [0.29, 0.717) is 17.9 Å². The summed E-state index contributed by atoms with van der Waals surface area (Å²) in [5.74, 6) is 0.821. The summed E-state index contributed by atoms with van der Waals surface area (Å²) in [6, 6.07) is 3.93. The number of hydrogen-bond donors (Lipinski definition) is 1. The number of rotatable bonds is 4. The van der Waals surface area contributed by atoms with Gasteiger partial charge in [0.15, 0.2) is 5.78 Å². The number of Topliss-reactive ketones (excluding diaryl/α,β-unsaturated/α-hetero) is 1. The Balaban J connectivity index is 2.48. The number of ether oxygens (including phenoxy) is 1. The van der Waals surface area contributed by atoms with Gasteiger partial charge in [-0.15, -0.1) is 0 Å². The number of methoxy groups -OCH3 is 1. The number of benzene rings is 1. The topological polar surface area (TPSA) is 52.3 Å². The fourth-order valence-electron chi connectivity index (χ4n) is 2.32. The summed E-state index contributed by atoms with van der Waals surface area (Å²) >= 11 is 0. The Kier molecular flexibility index (Phi) is 2.96. The zero-order valence-electron chi connectivity index (χ0n) is 10.7. The van der Waals surface area contributed by atoms with Gasteiger partial charge in [0.25, 0.3) is 0 Å². The number of aryl methyl sites for hydroxylation is 2. The monoisotopic (exact) mass is 233 g/mol. The Morgan fingerprint density at radius 3 is 2.53 bits per heavy atom. The molecule has 3 nitrogen and oxygen atoms in total. The summed E-state index contributed by atoms with van der Waals surface area (Å²) in [6.07, 6.45) is 1.80. The van der Waals surface area contributed by atoms with Gasteiger partial charge in [-0.1, -0.05) is 6.07 Å². The Bertz CT molecular complexity index is 462. The van der Waals surface area contributed by atoms with Gasteiger partial charge in [-0.05, 0) is 43.9 Å². The fraction of sp³-hybridized carbons (Fsp3) is 0.500. The summed E-state index contributed by atoms with van der Waals surface area (Å²) < 4.78 is 5.33. The van der Waals surface area contributed by atoms with E-state index in [2.05, 4.69) is 0 Å². The van der Waals surface area contributed by atoms with Gasteiger partial charge < -0.3 is 10.5 Å². The smallest absolute Gasteiger partial charge is 0.174 e. The molecule has 92 valence electrons. The third-order valence-corrected chi connectivity index (χ3v) is 3.62. The third-order valence-electron chi connectivity index (χ3n) is 3.62. The van der Waals surface area contributed by atoms with Crippen molar-refractivity contribution in [1.29, 1.82) is 0 Å². The predicted octanol–water partition coefficient (Wildman–Crippen LogP) is 2.23. The standard InChI is InChI=1S/C14H19NO2/c1-9-6-10(2)12(11(7-9)17-3)13(16)14(8-15)4-5-14/h6-7H,4-5,8,15H2,1-3H3. The van der Waals surface area contributed by atoms with E-state index in [1.807, 2.05) is 26.0 Å². The van der Waals surface area contributed by atoms with Crippen LogP contribution >= 0.6 is 0 Å². The van der Waals surface area contributed by atoms with Crippen LogP contribution in [-0.4, -0.2) is 19.4 Å². The van der Waals surface area contributed by atoms with E-state index in [1.54, 1.807) is 7.11 Å². The van der Waals surface area contributed by atoms with Crippen molar-refractivity contribution in [3.63, 3.8) is 0 Å². The highest BCUT2D eigenvalue weighted by Gasteiger charge is 2.49. The minimum absolute atomic E-state index is 0.148. The van der Waals surface area contributed by atoms with Crippen molar-refractivity contribution < 1.29 is 9.53 Å². The van der Waals surface area contributed by atoms with Crippen molar-refractivity contribution in [3.05, 3.63) is 28.8 Å². The Morgan fingerprint density at radius 1 is 1.41 bits per heavy atom. The molecule has 0 unspecified atom stereocenters. The maximum atomic E-state index is 12.5. The van der Waals surface area contributed by atoms with Gasteiger partial charge in [0.1, 0.15) is 5.75 Å². The molecule has 1 fully saturated rings. The average molecular weight is 233 g/mol. The summed E-state index contributed by atoms with van der Waals surface area (Å²) in [5.41, 5.74) is 8.20. The lowest BCUT2D eigenvalue weighted by atomic mass is 9.90. The van der Waals surface area contributed by atoms with Gasteiger partial charge in [-0.2, -0.15) is 0 Å². The third kappa shape index (κ3) is 1.95. The molecule has 1 aromatic rings. The van der Waals surface area contributed by atoms with Crippen molar-refractivity contribution in [2.75, 3.05) is 13.7 Å². The molecule has 3 heteroatoms. The van der Waals surface area contributed by atoms with Crippen molar-refractivity contribution >= 4 is 5.78 Å². The maximum absolute atomic E-state index is 12.5. The fourth-order valence-corrected chi connectivity index (χ4v) is 2.32. The van der Waals surface area contributed by atoms with Crippen molar-refractivity contribution in [3.8, 4) is 5.75 Å². The van der Waals surface area contributed by atoms with Crippen molar-refractivity contribution in [2.24, 2.45) is 11.1 Å². The molecule has 1 aromatic carbocycles. The molecule has 0 spiro atoms. The van der Waals surface area contributed by atoms with Crippen LogP contribution in [0.5, 0.6) is 5.75 Å². The van der Waals surface area contributed by atoms with E-state index < -0.39 is 0 Å². The maximum Gasteiger partial charge on any atom is 0.174 e. The molecular weight excluding hydrogens is 214 g/mol. The Morgan fingerprint density at radius 2 is 2.06 bits per heavy atom. The number of hydrogen-bond acceptors (Lipinski definition) is 3. The van der Waals surface area contributed by atoms with E-state index in [-0.39, 0.29) is 11.2 Å². The Hall–Kier alpha value is -1.35. The van der Waals surface area contributed by atoms with E-state index >= 15 is 0 Å². The van der Waals surface area contributed by atoms with Crippen molar-refractivity contribution in [2.45, 2.75) is 26.7 Å². The van der Waals surface area contributed by atoms with Crippen LogP contribution in [0.3, 0.4) is 0 Å². The summed E-state index contributed by atoms with van der Waals surface area (Å²) in [5, 5.41) is 0. The minimum Gasteiger partial charge on any atom is -0.496 e. The van der Waals surface area contributed by atoms with Crippen LogP contribution in [0, 0.1) is 19.3 Å². The Labute approximate surface area is 102 Å². The van der Waals surface area contributed by atoms with Crippen LogP contribution in [0.1, 0.15) is 34.3 Å². The molecule has 0 bridgehead atoms. The molecule has 0 atom stereocenters. The van der Waals surface area contributed by atoms with Crippen LogP contribution < -0.4 is 10.5 Å². The van der Waals surface area contributed by atoms with Gasteiger partial charge in [0.2, 0.25) is 0 Å². The van der Waals surface area contributed by atoms with Gasteiger partial charge in [0, 0.05) is 12.0 Å². The molecule has 1 aliphatic rings. The first-order valence-corrected chi connectivity index (χ1v) is 5.94. The molecule has 0 aliphatic heterocycles. The highest BCUT2D eigenvalue weighted by molar-refractivity contribution is 6.05. The van der Waals surface area contributed by atoms with E-state index in [4.69, 9.17) is 10.5 Å². The number of carbonyl (C=O) groups excluding carboxylic acids is 1. The van der Waals surface area contributed by atoms with Gasteiger partial charge >= 0.3 is 0 Å². The summed E-state index contributed by atoms with van der Waals surface area (Å²) in [7, 11) is 1.60. The van der Waals surface area contributed by atoms with Crippen LogP contribution in [0.4, 0.5) is 0 Å². The summed E-state index contributed by atoms with van der Waals surface area (Å²) in [4.78, 5) is 12.5. The van der Waals surface area contributed by atoms with Crippen LogP contribution in [0.15, 0.2) is 12.1 Å². The van der Waals surface area contributed by atoms with Gasteiger partial charge in [0.05, 0.1) is 12.7 Å². The second-order valence-electron chi connectivity index (χ2n) is 4.97. The zero-order valence-corrected chi connectivity index (χ0v) is 10.7. The minimum atomic E-state index is -0.312. The molecule has 0 saturated heterocycles. The van der Waals surface area contributed by atoms with Crippen LogP contribution in [0.25, 0.3) is 0 Å². The molecule has 0 aromatic heterocycles. The lowest BCUT2D eigenvalue weighted by Gasteiger charge is -2.16. The molecule has 1 aliphatic carbocycles. The largest absolute Gasteiger partial charge is 0.496 e. The number of nitrogens with two attached hydrogens (primary N) is 1. The second-order valence-corrected chi connectivity index (χ2v) is 4.97. The average Bonchev–Trinajstić information content (AvgIpc) is 3.08. The molecule has 0 radical (unpaired) electrons. The first-order valence-electron chi connectivity index (χ1n) is 5.94. The van der Waals surface area contributed by atoms with Gasteiger partial charge in [-0.25, -0.2) is 0 Å². The molecule has 2 N–H and O–H groups in total. The van der Waals surface area contributed by atoms with Crippen molar-refractivity contribution in [1.82, 2.24) is 0 Å². The highest BCUT2D eigenvalue weighted by Crippen LogP contribution is 2.48. The molecule has 2 rings (SSSR count). The normalized spacial score (nSPS) is 16.7. The first kappa shape index (κ1) is 12.1. The SMILES string of the molecule is COc1cc(C)cc(C)c1C(=O)C1(CN)CC1. The quantitative estimate of drug-likeness (QED) is 0.811.